The summed E-state index contributed by atoms with van der Waals surface area (Å²) < 4.78 is 5.84. The number of halogens is 1. The first kappa shape index (κ1) is 21.2. The van der Waals surface area contributed by atoms with Crippen LogP contribution in [0.25, 0.3) is 10.9 Å². The van der Waals surface area contributed by atoms with Gasteiger partial charge in [0.15, 0.2) is 0 Å². The van der Waals surface area contributed by atoms with Gasteiger partial charge in [0.1, 0.15) is 23.6 Å². The monoisotopic (exact) mass is 442 g/mol. The first-order valence-electron chi connectivity index (χ1n) is 9.86. The van der Waals surface area contributed by atoms with E-state index in [9.17, 15) is 4.79 Å². The van der Waals surface area contributed by atoms with Gasteiger partial charge in [0.05, 0.1) is 17.1 Å². The number of rotatable bonds is 5. The maximum Gasteiger partial charge on any atom is 0.217 e. The molecular formula is C25H19ClN4O2. The van der Waals surface area contributed by atoms with Crippen LogP contribution in [0.15, 0.2) is 73.1 Å². The molecule has 0 unspecified atom stereocenters. The zero-order valence-electron chi connectivity index (χ0n) is 17.2. The van der Waals surface area contributed by atoms with Gasteiger partial charge in [-0.1, -0.05) is 41.6 Å². The first-order chi connectivity index (χ1) is 15.6. The van der Waals surface area contributed by atoms with Gasteiger partial charge in [-0.15, -0.1) is 0 Å². The normalized spacial score (nSPS) is 10.2. The number of benzene rings is 3. The first-order valence-corrected chi connectivity index (χ1v) is 10.2. The maximum absolute atomic E-state index is 11.0. The highest BCUT2D eigenvalue weighted by molar-refractivity contribution is 6.32. The minimum atomic E-state index is -0.114. The van der Waals surface area contributed by atoms with E-state index in [0.717, 1.165) is 22.2 Å². The van der Waals surface area contributed by atoms with Crippen molar-refractivity contribution in [1.29, 1.82) is 0 Å². The van der Waals surface area contributed by atoms with Gasteiger partial charge in [-0.05, 0) is 48.5 Å². The number of carbonyl (C=O) groups excluding carboxylic acids is 1. The fourth-order valence-electron chi connectivity index (χ4n) is 2.96. The van der Waals surface area contributed by atoms with E-state index in [-0.39, 0.29) is 5.91 Å². The highest BCUT2D eigenvalue weighted by atomic mass is 35.5. The fraction of sp³-hybridized carbons (Fsp3) is 0.0800. The van der Waals surface area contributed by atoms with Crippen molar-refractivity contribution in [3.8, 4) is 23.3 Å². The molecule has 7 heteroatoms. The van der Waals surface area contributed by atoms with Crippen LogP contribution in [-0.4, -0.2) is 22.4 Å². The topological polar surface area (TPSA) is 76.1 Å². The quantitative estimate of drug-likeness (QED) is 0.410. The molecule has 0 bridgehead atoms. The molecule has 0 aliphatic heterocycles. The minimum absolute atomic E-state index is 0.114. The van der Waals surface area contributed by atoms with Gasteiger partial charge in [0.2, 0.25) is 5.91 Å². The van der Waals surface area contributed by atoms with Gasteiger partial charge in [-0.25, -0.2) is 9.97 Å². The van der Waals surface area contributed by atoms with Crippen LogP contribution in [0.1, 0.15) is 12.5 Å². The molecule has 1 aromatic heterocycles. The van der Waals surface area contributed by atoms with Gasteiger partial charge >= 0.3 is 0 Å². The Kier molecular flexibility index (Phi) is 6.49. The molecule has 158 valence electrons. The van der Waals surface area contributed by atoms with E-state index in [4.69, 9.17) is 16.3 Å². The van der Waals surface area contributed by atoms with E-state index in [0.29, 0.717) is 28.9 Å². The molecule has 0 aliphatic rings. The Bertz CT molecular complexity index is 1330. The number of hydrogen-bond acceptors (Lipinski definition) is 5. The molecule has 3 aromatic carbocycles. The molecule has 0 spiro atoms. The molecule has 1 amide bonds. The lowest BCUT2D eigenvalue weighted by Gasteiger charge is -2.11. The van der Waals surface area contributed by atoms with Crippen LogP contribution in [0, 0.1) is 11.8 Å². The third-order valence-corrected chi connectivity index (χ3v) is 4.75. The number of carbonyl (C=O) groups is 1. The van der Waals surface area contributed by atoms with Crippen LogP contribution in [0.3, 0.4) is 0 Å². The SMILES string of the molecule is CC(=O)NCC#Cc1ccc2ncnc(Nc3ccc(Oc4ccccc4)c(Cl)c3)c2c1. The average molecular weight is 443 g/mol. The number of anilines is 2. The number of nitrogens with zero attached hydrogens (tertiary/aromatic N) is 2. The third-order valence-electron chi connectivity index (χ3n) is 4.46. The standard InChI is InChI=1S/C25H19ClN4O2/c1-17(31)27-13-5-6-18-9-11-23-21(14-18)25(29-16-28-23)30-19-10-12-24(22(26)15-19)32-20-7-3-2-4-8-20/h2-4,7-12,14-16H,13H2,1H3,(H,27,31)(H,28,29,30). The predicted octanol–water partition coefficient (Wildman–Crippen LogP) is 5.31. The zero-order chi connectivity index (χ0) is 22.3. The largest absolute Gasteiger partial charge is 0.456 e. The second-order valence-corrected chi connectivity index (χ2v) is 7.26. The number of para-hydroxylation sites is 1. The zero-order valence-corrected chi connectivity index (χ0v) is 18.0. The lowest BCUT2D eigenvalue weighted by molar-refractivity contribution is -0.118. The molecule has 4 rings (SSSR count). The number of fused-ring (bicyclic) bond motifs is 1. The Morgan fingerprint density at radius 3 is 2.69 bits per heavy atom. The predicted molar refractivity (Wildman–Crippen MR) is 126 cm³/mol. The summed E-state index contributed by atoms with van der Waals surface area (Å²) in [5.74, 6) is 7.76. The second kappa shape index (κ2) is 9.82. The van der Waals surface area contributed by atoms with Crippen LogP contribution < -0.4 is 15.4 Å². The highest BCUT2D eigenvalue weighted by Crippen LogP contribution is 2.33. The second-order valence-electron chi connectivity index (χ2n) is 6.85. The van der Waals surface area contributed by atoms with Crippen LogP contribution in [0.2, 0.25) is 5.02 Å². The van der Waals surface area contributed by atoms with E-state index in [1.807, 2.05) is 54.6 Å². The summed E-state index contributed by atoms with van der Waals surface area (Å²) in [6.45, 7) is 1.75. The number of aromatic nitrogens is 2. The van der Waals surface area contributed by atoms with Crippen molar-refractivity contribution in [2.45, 2.75) is 6.92 Å². The van der Waals surface area contributed by atoms with Crippen LogP contribution in [0.4, 0.5) is 11.5 Å². The van der Waals surface area contributed by atoms with Gasteiger partial charge in [0.25, 0.3) is 0 Å². The Morgan fingerprint density at radius 1 is 1.06 bits per heavy atom. The molecule has 0 aliphatic carbocycles. The third kappa shape index (κ3) is 5.34. The van der Waals surface area contributed by atoms with Crippen molar-refractivity contribution in [3.63, 3.8) is 0 Å². The van der Waals surface area contributed by atoms with Crippen molar-refractivity contribution >= 4 is 39.9 Å². The summed E-state index contributed by atoms with van der Waals surface area (Å²) in [5.41, 5.74) is 2.34. The van der Waals surface area contributed by atoms with E-state index in [2.05, 4.69) is 32.4 Å². The lowest BCUT2D eigenvalue weighted by atomic mass is 10.1. The Labute approximate surface area is 190 Å². The summed E-state index contributed by atoms with van der Waals surface area (Å²) in [4.78, 5) is 19.7. The van der Waals surface area contributed by atoms with Crippen molar-refractivity contribution < 1.29 is 9.53 Å². The van der Waals surface area contributed by atoms with Crippen LogP contribution in [-0.2, 0) is 4.79 Å². The summed E-state index contributed by atoms with van der Waals surface area (Å²) in [6.07, 6.45) is 1.50. The number of hydrogen-bond donors (Lipinski definition) is 2. The minimum Gasteiger partial charge on any atom is -0.456 e. The summed E-state index contributed by atoms with van der Waals surface area (Å²) in [5, 5.41) is 7.23. The van der Waals surface area contributed by atoms with Crippen molar-refractivity contribution in [2.75, 3.05) is 11.9 Å². The summed E-state index contributed by atoms with van der Waals surface area (Å²) in [6, 6.07) is 20.6. The van der Waals surface area contributed by atoms with E-state index >= 15 is 0 Å². The number of amides is 1. The van der Waals surface area contributed by atoms with Gasteiger partial charge < -0.3 is 15.4 Å². The van der Waals surface area contributed by atoms with Crippen molar-refractivity contribution in [3.05, 3.63) is 83.6 Å². The molecule has 0 saturated carbocycles. The lowest BCUT2D eigenvalue weighted by Crippen LogP contribution is -2.19. The Morgan fingerprint density at radius 2 is 1.91 bits per heavy atom. The van der Waals surface area contributed by atoms with Gasteiger partial charge in [0, 0.05) is 23.6 Å². The molecule has 0 fully saturated rings. The maximum atomic E-state index is 11.0. The highest BCUT2D eigenvalue weighted by Gasteiger charge is 2.08. The molecule has 32 heavy (non-hydrogen) atoms. The van der Waals surface area contributed by atoms with Gasteiger partial charge in [-0.2, -0.15) is 0 Å². The van der Waals surface area contributed by atoms with E-state index in [1.165, 1.54) is 13.3 Å². The molecule has 0 saturated heterocycles. The summed E-state index contributed by atoms with van der Waals surface area (Å²) in [7, 11) is 0. The number of nitrogens with one attached hydrogen (secondary N) is 2. The van der Waals surface area contributed by atoms with Crippen LogP contribution >= 0.6 is 11.6 Å². The molecule has 4 aromatic rings. The summed E-state index contributed by atoms with van der Waals surface area (Å²) >= 11 is 6.44. The fourth-order valence-corrected chi connectivity index (χ4v) is 3.18. The van der Waals surface area contributed by atoms with E-state index in [1.54, 1.807) is 12.1 Å². The smallest absolute Gasteiger partial charge is 0.217 e. The molecule has 0 radical (unpaired) electrons. The van der Waals surface area contributed by atoms with Crippen LogP contribution in [0.5, 0.6) is 11.5 Å². The Hall–Kier alpha value is -4.08. The van der Waals surface area contributed by atoms with Gasteiger partial charge in [-0.3, -0.25) is 4.79 Å². The number of ether oxygens (including phenoxy) is 1. The Balaban J connectivity index is 1.56. The molecule has 2 N–H and O–H groups in total. The molecule has 6 nitrogen and oxygen atoms in total. The molecule has 1 heterocycles. The molecular weight excluding hydrogens is 424 g/mol. The van der Waals surface area contributed by atoms with Crippen molar-refractivity contribution in [2.24, 2.45) is 0 Å². The average Bonchev–Trinajstić information content (AvgIpc) is 2.79. The molecule has 0 atom stereocenters. The van der Waals surface area contributed by atoms with E-state index < -0.39 is 0 Å². The van der Waals surface area contributed by atoms with Crippen molar-refractivity contribution in [1.82, 2.24) is 15.3 Å².